The maximum Gasteiger partial charge on any atom is 0.146 e. The molecular formula is C20H16Cl2N4O. The second-order valence-electron chi connectivity index (χ2n) is 6.22. The average molecular weight is 399 g/mol. The molecular weight excluding hydrogens is 383 g/mol. The highest BCUT2D eigenvalue weighted by Gasteiger charge is 2.14. The van der Waals surface area contributed by atoms with Gasteiger partial charge < -0.3 is 9.30 Å². The van der Waals surface area contributed by atoms with Gasteiger partial charge in [0.1, 0.15) is 17.9 Å². The fourth-order valence-electron chi connectivity index (χ4n) is 3.02. The molecule has 4 aromatic rings. The molecule has 0 bridgehead atoms. The number of benzene rings is 1. The fourth-order valence-corrected chi connectivity index (χ4v) is 3.50. The average Bonchev–Trinajstić information content (AvgIpc) is 3.06. The molecule has 0 N–H and O–H groups in total. The topological polar surface area (TPSA) is 52.8 Å². The number of fused-ring (bicyclic) bond motifs is 1. The van der Waals surface area contributed by atoms with Crippen LogP contribution in [0, 0.1) is 6.92 Å². The Morgan fingerprint density at radius 2 is 1.85 bits per heavy atom. The van der Waals surface area contributed by atoms with Crippen molar-refractivity contribution in [2.24, 2.45) is 7.05 Å². The number of imidazole rings is 1. The summed E-state index contributed by atoms with van der Waals surface area (Å²) in [5.74, 6) is 0.670. The number of ether oxygens (including phenoxy) is 1. The van der Waals surface area contributed by atoms with Gasteiger partial charge in [-0.2, -0.15) is 0 Å². The van der Waals surface area contributed by atoms with Crippen molar-refractivity contribution >= 4 is 34.1 Å². The van der Waals surface area contributed by atoms with Crippen LogP contribution in [0.25, 0.3) is 22.2 Å². The zero-order valence-corrected chi connectivity index (χ0v) is 16.3. The summed E-state index contributed by atoms with van der Waals surface area (Å²) in [5, 5.41) is 1.94. The lowest BCUT2D eigenvalue weighted by Gasteiger charge is -2.13. The zero-order chi connectivity index (χ0) is 19.0. The first-order valence-corrected chi connectivity index (χ1v) is 9.08. The Kier molecular flexibility index (Phi) is 4.72. The number of rotatable bonds is 4. The van der Waals surface area contributed by atoms with Crippen molar-refractivity contribution < 1.29 is 4.74 Å². The van der Waals surface area contributed by atoms with E-state index in [4.69, 9.17) is 32.9 Å². The minimum Gasteiger partial charge on any atom is -0.487 e. The first kappa shape index (κ1) is 17.8. The van der Waals surface area contributed by atoms with Crippen LogP contribution in [0.15, 0.2) is 49.2 Å². The Labute approximate surface area is 166 Å². The van der Waals surface area contributed by atoms with E-state index in [2.05, 4.69) is 16.0 Å². The van der Waals surface area contributed by atoms with Crippen LogP contribution in [0.4, 0.5) is 0 Å². The number of aromatic nitrogens is 4. The molecule has 27 heavy (non-hydrogen) atoms. The molecule has 0 saturated heterocycles. The van der Waals surface area contributed by atoms with Gasteiger partial charge in [0.05, 0.1) is 28.3 Å². The number of nitrogens with zero attached hydrogens (tertiary/aromatic N) is 4. The normalized spacial score (nSPS) is 11.1. The minimum atomic E-state index is 0.232. The molecule has 4 rings (SSSR count). The number of halogens is 2. The van der Waals surface area contributed by atoms with Gasteiger partial charge in [-0.3, -0.25) is 4.98 Å². The SMILES string of the molecule is Cc1cc(-c2cncn2C)c2cccc(OCc3c(Cl)cncc3Cl)c2n1. The Morgan fingerprint density at radius 1 is 1.07 bits per heavy atom. The number of aryl methyl sites for hydroxylation is 2. The summed E-state index contributed by atoms with van der Waals surface area (Å²) in [7, 11) is 1.97. The molecule has 0 unspecified atom stereocenters. The smallest absolute Gasteiger partial charge is 0.146 e. The van der Waals surface area contributed by atoms with Crippen LogP contribution in [0.1, 0.15) is 11.3 Å². The third-order valence-corrected chi connectivity index (χ3v) is 5.00. The van der Waals surface area contributed by atoms with E-state index in [1.54, 1.807) is 18.7 Å². The second-order valence-corrected chi connectivity index (χ2v) is 7.04. The number of hydrogen-bond acceptors (Lipinski definition) is 4. The predicted molar refractivity (Wildman–Crippen MR) is 107 cm³/mol. The van der Waals surface area contributed by atoms with Crippen LogP contribution in [0.2, 0.25) is 10.0 Å². The van der Waals surface area contributed by atoms with E-state index in [0.717, 1.165) is 27.9 Å². The predicted octanol–water partition coefficient (Wildman–Crippen LogP) is 5.22. The van der Waals surface area contributed by atoms with Crippen molar-refractivity contribution in [2.75, 3.05) is 0 Å². The second kappa shape index (κ2) is 7.18. The Morgan fingerprint density at radius 3 is 2.56 bits per heavy atom. The molecule has 136 valence electrons. The minimum absolute atomic E-state index is 0.232. The molecule has 7 heteroatoms. The van der Waals surface area contributed by atoms with Crippen LogP contribution in [-0.2, 0) is 13.7 Å². The third-order valence-electron chi connectivity index (χ3n) is 4.35. The van der Waals surface area contributed by atoms with Gasteiger partial charge >= 0.3 is 0 Å². The highest BCUT2D eigenvalue weighted by molar-refractivity contribution is 6.35. The summed E-state index contributed by atoms with van der Waals surface area (Å²) in [6, 6.07) is 7.93. The number of pyridine rings is 2. The molecule has 0 amide bonds. The van der Waals surface area contributed by atoms with E-state index in [1.807, 2.05) is 42.9 Å². The molecule has 0 aliphatic carbocycles. The van der Waals surface area contributed by atoms with Crippen molar-refractivity contribution in [3.05, 3.63) is 70.5 Å². The summed E-state index contributed by atoms with van der Waals surface area (Å²) in [6.07, 6.45) is 6.74. The van der Waals surface area contributed by atoms with Gasteiger partial charge in [-0.1, -0.05) is 35.3 Å². The van der Waals surface area contributed by atoms with Gasteiger partial charge in [0.2, 0.25) is 0 Å². The largest absolute Gasteiger partial charge is 0.487 e. The van der Waals surface area contributed by atoms with E-state index in [9.17, 15) is 0 Å². The van der Waals surface area contributed by atoms with Gasteiger partial charge in [0.15, 0.2) is 0 Å². The number of hydrogen-bond donors (Lipinski definition) is 0. The van der Waals surface area contributed by atoms with Crippen molar-refractivity contribution in [1.29, 1.82) is 0 Å². The van der Waals surface area contributed by atoms with Crippen molar-refractivity contribution in [3.63, 3.8) is 0 Å². The lowest BCUT2D eigenvalue weighted by molar-refractivity contribution is 0.309. The van der Waals surface area contributed by atoms with Gasteiger partial charge in [-0.25, -0.2) is 9.97 Å². The van der Waals surface area contributed by atoms with E-state index in [0.29, 0.717) is 21.4 Å². The molecule has 3 aromatic heterocycles. The first-order valence-electron chi connectivity index (χ1n) is 8.32. The van der Waals surface area contributed by atoms with E-state index < -0.39 is 0 Å². The molecule has 0 radical (unpaired) electrons. The van der Waals surface area contributed by atoms with Crippen LogP contribution >= 0.6 is 23.2 Å². The van der Waals surface area contributed by atoms with E-state index >= 15 is 0 Å². The van der Waals surface area contributed by atoms with Gasteiger partial charge in [0.25, 0.3) is 0 Å². The summed E-state index contributed by atoms with van der Waals surface area (Å²) < 4.78 is 8.03. The van der Waals surface area contributed by atoms with Crippen LogP contribution in [0.5, 0.6) is 5.75 Å². The van der Waals surface area contributed by atoms with Gasteiger partial charge in [0, 0.05) is 41.6 Å². The molecule has 5 nitrogen and oxygen atoms in total. The monoisotopic (exact) mass is 398 g/mol. The van der Waals surface area contributed by atoms with E-state index in [-0.39, 0.29) is 6.61 Å². The number of para-hydroxylation sites is 1. The Bertz CT molecular complexity index is 1120. The molecule has 0 atom stereocenters. The molecule has 0 saturated carbocycles. The highest BCUT2D eigenvalue weighted by atomic mass is 35.5. The maximum atomic E-state index is 6.20. The first-order chi connectivity index (χ1) is 13.0. The molecule has 0 fully saturated rings. The summed E-state index contributed by atoms with van der Waals surface area (Å²) in [4.78, 5) is 12.9. The van der Waals surface area contributed by atoms with Gasteiger partial charge in [-0.15, -0.1) is 0 Å². The van der Waals surface area contributed by atoms with Gasteiger partial charge in [-0.05, 0) is 19.1 Å². The third kappa shape index (κ3) is 3.36. The van der Waals surface area contributed by atoms with Crippen LogP contribution < -0.4 is 4.74 Å². The van der Waals surface area contributed by atoms with Crippen molar-refractivity contribution in [1.82, 2.24) is 19.5 Å². The Balaban J connectivity index is 1.79. The van der Waals surface area contributed by atoms with E-state index in [1.165, 1.54) is 0 Å². The molecule has 0 spiro atoms. The van der Waals surface area contributed by atoms with Crippen LogP contribution in [-0.4, -0.2) is 19.5 Å². The highest BCUT2D eigenvalue weighted by Crippen LogP contribution is 2.34. The molecule has 0 aliphatic heterocycles. The van der Waals surface area contributed by atoms with Crippen molar-refractivity contribution in [3.8, 4) is 17.0 Å². The molecule has 1 aromatic carbocycles. The maximum absolute atomic E-state index is 6.20. The summed E-state index contributed by atoms with van der Waals surface area (Å²) in [5.41, 5.74) is 4.46. The lowest BCUT2D eigenvalue weighted by Crippen LogP contribution is -2.00. The standard InChI is InChI=1S/C20H16Cl2N4O/c1-12-6-14(18-9-24-11-26(18)2)13-4-3-5-19(20(13)25-12)27-10-15-16(21)7-23-8-17(15)22/h3-9,11H,10H2,1-2H3. The molecule has 3 heterocycles. The summed E-state index contributed by atoms with van der Waals surface area (Å²) >= 11 is 12.4. The fraction of sp³-hybridized carbons (Fsp3) is 0.150. The van der Waals surface area contributed by atoms with Crippen LogP contribution in [0.3, 0.4) is 0 Å². The lowest BCUT2D eigenvalue weighted by atomic mass is 10.0. The zero-order valence-electron chi connectivity index (χ0n) is 14.8. The molecule has 0 aliphatic rings. The Hall–Kier alpha value is -2.63. The quantitative estimate of drug-likeness (QED) is 0.472. The van der Waals surface area contributed by atoms with Crippen molar-refractivity contribution in [2.45, 2.75) is 13.5 Å². The summed E-state index contributed by atoms with van der Waals surface area (Å²) in [6.45, 7) is 2.20.